The summed E-state index contributed by atoms with van der Waals surface area (Å²) in [5, 5.41) is 0. The first-order chi connectivity index (χ1) is 29.0. The predicted molar refractivity (Wildman–Crippen MR) is 227 cm³/mol. The number of hydrogen-bond acceptors (Lipinski definition) is 3. The van der Waals surface area contributed by atoms with E-state index in [0.717, 1.165) is 14.7 Å². The molecule has 294 valence electrons. The van der Waals surface area contributed by atoms with Gasteiger partial charge in [0.15, 0.2) is 5.82 Å². The standard InChI is InChI=1S/C50H30F7N3/c51-45-47(59-39-21-9-3-15-33(39)27-28-34-16-4-10-22-40(34)59)43(49(52,53)54)46(58-37-19-7-1-13-31(37)25-26-32-14-2-8-20-38(32)58)44(50(55,56)57)48(45)60-41-23-11-5-17-35(41)29-30-36-18-6-12-24-42(36)60/h1-30H. The van der Waals surface area contributed by atoms with Crippen molar-refractivity contribution in [2.45, 2.75) is 12.4 Å². The van der Waals surface area contributed by atoms with Gasteiger partial charge >= 0.3 is 12.4 Å². The Morgan fingerprint density at radius 1 is 0.283 bits per heavy atom. The molecular weight excluding hydrogens is 776 g/mol. The van der Waals surface area contributed by atoms with Crippen molar-refractivity contribution in [3.8, 4) is 0 Å². The minimum absolute atomic E-state index is 0.0369. The molecule has 7 aromatic carbocycles. The van der Waals surface area contributed by atoms with Gasteiger partial charge in [-0.1, -0.05) is 146 Å². The predicted octanol–water partition coefficient (Wildman–Crippen LogP) is 15.7. The van der Waals surface area contributed by atoms with E-state index in [-0.39, 0.29) is 34.1 Å². The molecule has 0 saturated heterocycles. The second-order valence-electron chi connectivity index (χ2n) is 14.5. The number of benzene rings is 7. The van der Waals surface area contributed by atoms with Gasteiger partial charge < -0.3 is 14.7 Å². The lowest BCUT2D eigenvalue weighted by Crippen LogP contribution is -2.30. The van der Waals surface area contributed by atoms with E-state index in [1.807, 2.05) is 0 Å². The molecule has 7 aromatic rings. The number of para-hydroxylation sites is 6. The van der Waals surface area contributed by atoms with E-state index in [9.17, 15) is 0 Å². The number of halogens is 7. The quantitative estimate of drug-likeness (QED) is 0.165. The third-order valence-corrected chi connectivity index (χ3v) is 11.0. The molecule has 3 nitrogen and oxygen atoms in total. The molecule has 0 bridgehead atoms. The molecule has 3 heterocycles. The van der Waals surface area contributed by atoms with Crippen LogP contribution in [-0.4, -0.2) is 0 Å². The Hall–Kier alpha value is -7.33. The number of alkyl halides is 6. The first kappa shape index (κ1) is 37.0. The van der Waals surface area contributed by atoms with Crippen LogP contribution in [0.1, 0.15) is 44.5 Å². The zero-order chi connectivity index (χ0) is 41.3. The Labute approximate surface area is 340 Å². The fourth-order valence-corrected chi connectivity index (χ4v) is 8.50. The summed E-state index contributed by atoms with van der Waals surface area (Å²) in [6, 6.07) is 38.6. The fraction of sp³-hybridized carbons (Fsp3) is 0.0400. The van der Waals surface area contributed by atoms with Crippen LogP contribution in [0.25, 0.3) is 36.5 Å². The summed E-state index contributed by atoms with van der Waals surface area (Å²) in [5.74, 6) is -1.72. The molecule has 0 N–H and O–H groups in total. The zero-order valence-electron chi connectivity index (χ0n) is 31.3. The summed E-state index contributed by atoms with van der Waals surface area (Å²) in [7, 11) is 0. The Balaban J connectivity index is 1.48. The number of rotatable bonds is 3. The lowest BCUT2D eigenvalue weighted by molar-refractivity contribution is -0.141. The van der Waals surface area contributed by atoms with E-state index in [0.29, 0.717) is 33.4 Å². The van der Waals surface area contributed by atoms with Crippen molar-refractivity contribution < 1.29 is 30.7 Å². The van der Waals surface area contributed by atoms with Crippen molar-refractivity contribution in [2.24, 2.45) is 0 Å². The Kier molecular flexibility index (Phi) is 8.57. The number of hydrogen-bond donors (Lipinski definition) is 0. The lowest BCUT2D eigenvalue weighted by Gasteiger charge is -2.39. The maximum atomic E-state index is 18.9. The third-order valence-electron chi connectivity index (χ3n) is 11.0. The zero-order valence-corrected chi connectivity index (χ0v) is 31.3. The van der Waals surface area contributed by atoms with Crippen LogP contribution in [0.2, 0.25) is 0 Å². The van der Waals surface area contributed by atoms with Crippen LogP contribution >= 0.6 is 0 Å². The molecule has 0 aliphatic carbocycles. The van der Waals surface area contributed by atoms with Crippen LogP contribution in [0.15, 0.2) is 146 Å². The number of anilines is 9. The molecule has 3 aliphatic heterocycles. The summed E-state index contributed by atoms with van der Waals surface area (Å²) in [5.41, 5.74) is -4.04. The molecule has 3 aliphatic rings. The van der Waals surface area contributed by atoms with Gasteiger partial charge in [0.05, 0.1) is 51.2 Å². The van der Waals surface area contributed by atoms with Crippen molar-refractivity contribution in [3.05, 3.63) is 196 Å². The maximum absolute atomic E-state index is 18.9. The van der Waals surface area contributed by atoms with E-state index in [2.05, 4.69) is 0 Å². The van der Waals surface area contributed by atoms with Crippen molar-refractivity contribution in [1.29, 1.82) is 0 Å². The Morgan fingerprint density at radius 2 is 0.483 bits per heavy atom. The molecule has 0 aromatic heterocycles. The third kappa shape index (κ3) is 5.89. The SMILES string of the molecule is Fc1c(N2c3ccccc3C=Cc3ccccc32)c(C(F)(F)F)c(N2c3ccccc3C=Cc3ccccc32)c(C(F)(F)F)c1N1c2ccccc2C=Cc2ccccc21. The van der Waals surface area contributed by atoms with Crippen molar-refractivity contribution in [1.82, 2.24) is 0 Å². The largest absolute Gasteiger partial charge is 0.420 e. The highest BCUT2D eigenvalue weighted by Gasteiger charge is 2.52. The van der Waals surface area contributed by atoms with Gasteiger partial charge in [-0.25, -0.2) is 4.39 Å². The summed E-state index contributed by atoms with van der Waals surface area (Å²) in [4.78, 5) is 3.25. The first-order valence-corrected chi connectivity index (χ1v) is 19.0. The highest BCUT2D eigenvalue weighted by atomic mass is 19.4. The Bertz CT molecular complexity index is 2670. The summed E-state index contributed by atoms with van der Waals surface area (Å²) in [6.07, 6.45) is -1.05. The van der Waals surface area contributed by atoms with Gasteiger partial charge in [0.1, 0.15) is 11.1 Å². The van der Waals surface area contributed by atoms with Crippen molar-refractivity contribution >= 4 is 87.6 Å². The molecule has 0 atom stereocenters. The molecule has 0 fully saturated rings. The van der Waals surface area contributed by atoms with Gasteiger partial charge in [-0.3, -0.25) is 0 Å². The molecule has 10 heteroatoms. The van der Waals surface area contributed by atoms with Gasteiger partial charge in [-0.05, 0) is 69.8 Å². The minimum Gasteiger partial charge on any atom is -0.308 e. The van der Waals surface area contributed by atoms with E-state index in [1.54, 1.807) is 170 Å². The molecule has 0 unspecified atom stereocenters. The molecule has 60 heavy (non-hydrogen) atoms. The van der Waals surface area contributed by atoms with E-state index >= 15 is 30.7 Å². The maximum Gasteiger partial charge on any atom is 0.420 e. The molecular formula is C50H30F7N3. The topological polar surface area (TPSA) is 9.72 Å². The number of fused-ring (bicyclic) bond motifs is 6. The van der Waals surface area contributed by atoms with Crippen LogP contribution in [0, 0.1) is 5.82 Å². The van der Waals surface area contributed by atoms with Crippen molar-refractivity contribution in [3.63, 3.8) is 0 Å². The lowest BCUT2D eigenvalue weighted by atomic mass is 9.94. The minimum atomic E-state index is -5.58. The number of nitrogens with zero attached hydrogens (tertiary/aromatic N) is 3. The van der Waals surface area contributed by atoms with Crippen LogP contribution < -0.4 is 14.7 Å². The van der Waals surface area contributed by atoms with Crippen LogP contribution in [0.4, 0.5) is 81.9 Å². The first-order valence-electron chi connectivity index (χ1n) is 19.0. The van der Waals surface area contributed by atoms with E-state index in [4.69, 9.17) is 0 Å². The molecule has 10 rings (SSSR count). The smallest absolute Gasteiger partial charge is 0.308 e. The molecule has 0 saturated carbocycles. The van der Waals surface area contributed by atoms with E-state index in [1.165, 1.54) is 12.1 Å². The van der Waals surface area contributed by atoms with Gasteiger partial charge in [0.2, 0.25) is 0 Å². The van der Waals surface area contributed by atoms with Crippen molar-refractivity contribution in [2.75, 3.05) is 14.7 Å². The molecule has 0 amide bonds. The Morgan fingerprint density at radius 3 is 0.700 bits per heavy atom. The van der Waals surface area contributed by atoms with Crippen LogP contribution in [0.5, 0.6) is 0 Å². The summed E-state index contributed by atoms with van der Waals surface area (Å²) >= 11 is 0. The second kappa shape index (κ2) is 13.9. The van der Waals surface area contributed by atoms with Gasteiger partial charge in [0.25, 0.3) is 0 Å². The monoisotopic (exact) mass is 805 g/mol. The highest BCUT2D eigenvalue weighted by Crippen LogP contribution is 2.62. The van der Waals surface area contributed by atoms with E-state index < -0.39 is 46.4 Å². The average molecular weight is 806 g/mol. The fourth-order valence-electron chi connectivity index (χ4n) is 8.50. The average Bonchev–Trinajstić information content (AvgIpc) is 3.60. The van der Waals surface area contributed by atoms with Gasteiger partial charge in [-0.15, -0.1) is 0 Å². The second-order valence-corrected chi connectivity index (χ2v) is 14.5. The summed E-state index contributed by atoms with van der Waals surface area (Å²) in [6.45, 7) is 0. The van der Waals surface area contributed by atoms with Gasteiger partial charge in [0, 0.05) is 0 Å². The van der Waals surface area contributed by atoms with Crippen LogP contribution in [0.3, 0.4) is 0 Å². The highest BCUT2D eigenvalue weighted by molar-refractivity contribution is 6.04. The van der Waals surface area contributed by atoms with Gasteiger partial charge in [-0.2, -0.15) is 26.3 Å². The molecule has 0 radical (unpaired) electrons. The summed E-state index contributed by atoms with van der Waals surface area (Å²) < 4.78 is 119. The van der Waals surface area contributed by atoms with Crippen LogP contribution in [-0.2, 0) is 12.4 Å². The normalized spacial score (nSPS) is 13.9. The molecule has 0 spiro atoms.